The van der Waals surface area contributed by atoms with Gasteiger partial charge in [-0.15, -0.1) is 0 Å². The van der Waals surface area contributed by atoms with E-state index in [1.807, 2.05) is 35.8 Å². The average molecular weight is 374 g/mol. The van der Waals surface area contributed by atoms with Crippen molar-refractivity contribution in [2.45, 2.75) is 45.6 Å². The van der Waals surface area contributed by atoms with Gasteiger partial charge in [0.25, 0.3) is 0 Å². The summed E-state index contributed by atoms with van der Waals surface area (Å²) >= 11 is 0. The fraction of sp³-hybridized carbons (Fsp3) is 0.550. The summed E-state index contributed by atoms with van der Waals surface area (Å²) in [6.07, 6.45) is 3.69. The average Bonchev–Trinajstić information content (AvgIpc) is 3.00. The molecular formula is C20H30N4O3. The number of nitrogens with zero attached hydrogens (tertiary/aromatic N) is 2. The van der Waals surface area contributed by atoms with Gasteiger partial charge in [0, 0.05) is 39.6 Å². The van der Waals surface area contributed by atoms with Crippen molar-refractivity contribution in [3.05, 3.63) is 30.1 Å². The lowest BCUT2D eigenvalue weighted by atomic mass is 10.2. The number of aryl methyl sites for hydroxylation is 1. The molecule has 0 unspecified atom stereocenters. The first-order valence-electron chi connectivity index (χ1n) is 9.62. The van der Waals surface area contributed by atoms with Gasteiger partial charge in [-0.1, -0.05) is 19.1 Å². The zero-order chi connectivity index (χ0) is 19.5. The van der Waals surface area contributed by atoms with E-state index >= 15 is 0 Å². The molecule has 2 rings (SSSR count). The molecule has 1 aromatic heterocycles. The van der Waals surface area contributed by atoms with E-state index in [-0.39, 0.29) is 18.4 Å². The molecule has 0 aliphatic carbocycles. The van der Waals surface area contributed by atoms with E-state index in [1.54, 1.807) is 7.11 Å². The summed E-state index contributed by atoms with van der Waals surface area (Å²) in [4.78, 5) is 28.5. The highest BCUT2D eigenvalue weighted by molar-refractivity contribution is 5.81. The topological polar surface area (TPSA) is 85.2 Å². The Balaban J connectivity index is 1.97. The minimum atomic E-state index is -0.0354. The number of hydrogen-bond acceptors (Lipinski definition) is 4. The van der Waals surface area contributed by atoms with Gasteiger partial charge in [-0.05, 0) is 31.4 Å². The number of amides is 2. The molecule has 7 heteroatoms. The Kier molecular flexibility index (Phi) is 8.77. The molecule has 27 heavy (non-hydrogen) atoms. The predicted octanol–water partition coefficient (Wildman–Crippen LogP) is 2.04. The van der Waals surface area contributed by atoms with Crippen LogP contribution in [-0.4, -0.2) is 48.2 Å². The lowest BCUT2D eigenvalue weighted by molar-refractivity contribution is -0.122. The first-order valence-corrected chi connectivity index (χ1v) is 9.62. The number of fused-ring (bicyclic) bond motifs is 1. The molecule has 0 saturated heterocycles. The van der Waals surface area contributed by atoms with Crippen LogP contribution >= 0.6 is 0 Å². The van der Waals surface area contributed by atoms with Crippen molar-refractivity contribution in [3.63, 3.8) is 0 Å². The van der Waals surface area contributed by atoms with Crippen molar-refractivity contribution in [2.24, 2.45) is 0 Å². The molecular weight excluding hydrogens is 344 g/mol. The number of hydrogen-bond donors (Lipinski definition) is 2. The third-order valence-corrected chi connectivity index (χ3v) is 4.26. The molecule has 0 aliphatic heterocycles. The van der Waals surface area contributed by atoms with Crippen LogP contribution in [-0.2, 0) is 27.3 Å². The lowest BCUT2D eigenvalue weighted by Crippen LogP contribution is -2.29. The monoisotopic (exact) mass is 374 g/mol. The number of benzene rings is 1. The number of methoxy groups -OCH3 is 1. The van der Waals surface area contributed by atoms with Gasteiger partial charge in [-0.3, -0.25) is 9.59 Å². The summed E-state index contributed by atoms with van der Waals surface area (Å²) in [6, 6.07) is 7.83. The van der Waals surface area contributed by atoms with Gasteiger partial charge in [0.05, 0.1) is 11.0 Å². The van der Waals surface area contributed by atoms with E-state index in [0.717, 1.165) is 36.1 Å². The van der Waals surface area contributed by atoms with Crippen LogP contribution in [0.5, 0.6) is 0 Å². The Labute approximate surface area is 160 Å². The number of imidazole rings is 1. The summed E-state index contributed by atoms with van der Waals surface area (Å²) in [5.41, 5.74) is 1.84. The summed E-state index contributed by atoms with van der Waals surface area (Å²) in [5, 5.41) is 5.84. The van der Waals surface area contributed by atoms with Gasteiger partial charge >= 0.3 is 0 Å². The highest BCUT2D eigenvalue weighted by atomic mass is 16.5. The minimum absolute atomic E-state index is 0.0354. The van der Waals surface area contributed by atoms with Crippen molar-refractivity contribution in [3.8, 4) is 0 Å². The van der Waals surface area contributed by atoms with E-state index in [4.69, 9.17) is 4.74 Å². The van der Waals surface area contributed by atoms with Gasteiger partial charge in [0.2, 0.25) is 11.8 Å². The van der Waals surface area contributed by atoms with Gasteiger partial charge in [-0.25, -0.2) is 4.98 Å². The number of para-hydroxylation sites is 2. The second-order valence-electron chi connectivity index (χ2n) is 6.50. The van der Waals surface area contributed by atoms with E-state index in [2.05, 4.69) is 15.6 Å². The molecule has 0 aliphatic rings. The maximum atomic E-state index is 12.3. The molecule has 7 nitrogen and oxygen atoms in total. The smallest absolute Gasteiger partial charge is 0.240 e. The zero-order valence-corrected chi connectivity index (χ0v) is 16.3. The first kappa shape index (κ1) is 20.9. The summed E-state index contributed by atoms with van der Waals surface area (Å²) in [6.45, 7) is 4.07. The molecule has 1 aromatic carbocycles. The number of rotatable bonds is 12. The highest BCUT2D eigenvalue weighted by Gasteiger charge is 2.13. The Morgan fingerprint density at radius 1 is 1.11 bits per heavy atom. The van der Waals surface area contributed by atoms with Gasteiger partial charge in [0.1, 0.15) is 12.4 Å². The van der Waals surface area contributed by atoms with Crippen LogP contribution in [0.2, 0.25) is 0 Å². The Hall–Kier alpha value is -2.41. The molecule has 2 amide bonds. The highest BCUT2D eigenvalue weighted by Crippen LogP contribution is 2.17. The Bertz CT molecular complexity index is 742. The second-order valence-corrected chi connectivity index (χ2v) is 6.50. The minimum Gasteiger partial charge on any atom is -0.385 e. The molecule has 2 aromatic rings. The van der Waals surface area contributed by atoms with Crippen LogP contribution in [0.15, 0.2) is 24.3 Å². The molecule has 0 atom stereocenters. The van der Waals surface area contributed by atoms with Crippen LogP contribution in [0.1, 0.15) is 38.4 Å². The van der Waals surface area contributed by atoms with Crippen LogP contribution in [0.3, 0.4) is 0 Å². The molecule has 148 valence electrons. The lowest BCUT2D eigenvalue weighted by Gasteiger charge is -2.10. The number of ether oxygens (including phenoxy) is 1. The fourth-order valence-electron chi connectivity index (χ4n) is 2.93. The Morgan fingerprint density at radius 2 is 1.85 bits per heavy atom. The Morgan fingerprint density at radius 3 is 2.63 bits per heavy atom. The van der Waals surface area contributed by atoms with Crippen molar-refractivity contribution in [1.82, 2.24) is 20.2 Å². The third-order valence-electron chi connectivity index (χ3n) is 4.26. The number of carbonyl (C=O) groups excluding carboxylic acids is 2. The van der Waals surface area contributed by atoms with Gasteiger partial charge in [-0.2, -0.15) is 0 Å². The summed E-state index contributed by atoms with van der Waals surface area (Å²) in [7, 11) is 1.65. The molecule has 2 N–H and O–H groups in total. The predicted molar refractivity (Wildman–Crippen MR) is 105 cm³/mol. The van der Waals surface area contributed by atoms with Crippen molar-refractivity contribution >= 4 is 22.8 Å². The number of carbonyl (C=O) groups is 2. The van der Waals surface area contributed by atoms with Crippen LogP contribution < -0.4 is 10.6 Å². The van der Waals surface area contributed by atoms with Crippen LogP contribution in [0, 0.1) is 0 Å². The SMILES string of the molecule is CCCC(=O)NCCCc1nc2ccccc2n1CC(=O)NCCCOC. The quantitative estimate of drug-likeness (QED) is 0.557. The maximum Gasteiger partial charge on any atom is 0.240 e. The normalized spacial score (nSPS) is 10.9. The zero-order valence-electron chi connectivity index (χ0n) is 16.3. The molecule has 0 saturated carbocycles. The molecule has 0 bridgehead atoms. The third kappa shape index (κ3) is 6.67. The van der Waals surface area contributed by atoms with Crippen molar-refractivity contribution in [2.75, 3.05) is 26.8 Å². The molecule has 0 fully saturated rings. The first-order chi connectivity index (χ1) is 13.2. The fourth-order valence-corrected chi connectivity index (χ4v) is 2.93. The number of aromatic nitrogens is 2. The van der Waals surface area contributed by atoms with Gasteiger partial charge in [0.15, 0.2) is 0 Å². The van der Waals surface area contributed by atoms with E-state index in [0.29, 0.717) is 32.5 Å². The molecule has 0 radical (unpaired) electrons. The largest absolute Gasteiger partial charge is 0.385 e. The van der Waals surface area contributed by atoms with E-state index < -0.39 is 0 Å². The molecule has 0 spiro atoms. The van der Waals surface area contributed by atoms with Crippen molar-refractivity contribution < 1.29 is 14.3 Å². The van der Waals surface area contributed by atoms with Crippen molar-refractivity contribution in [1.29, 1.82) is 0 Å². The number of nitrogens with one attached hydrogen (secondary N) is 2. The molecule has 1 heterocycles. The summed E-state index contributed by atoms with van der Waals surface area (Å²) < 4.78 is 6.96. The van der Waals surface area contributed by atoms with Gasteiger partial charge < -0.3 is 19.9 Å². The maximum absolute atomic E-state index is 12.3. The van der Waals surface area contributed by atoms with Crippen LogP contribution in [0.25, 0.3) is 11.0 Å². The van der Waals surface area contributed by atoms with E-state index in [9.17, 15) is 9.59 Å². The van der Waals surface area contributed by atoms with Crippen LogP contribution in [0.4, 0.5) is 0 Å². The van der Waals surface area contributed by atoms with E-state index in [1.165, 1.54) is 0 Å². The second kappa shape index (κ2) is 11.3. The summed E-state index contributed by atoms with van der Waals surface area (Å²) in [5.74, 6) is 0.918. The standard InChI is InChI=1S/C20H30N4O3/c1-3-8-19(25)21-12-6-11-18-23-16-9-4-5-10-17(16)24(18)15-20(26)22-13-7-14-27-2/h4-5,9-10H,3,6-8,11-15H2,1-2H3,(H,21,25)(H,22,26).